The van der Waals surface area contributed by atoms with Crippen LogP contribution >= 0.6 is 0 Å². The van der Waals surface area contributed by atoms with E-state index in [1.165, 1.54) is 0 Å². The van der Waals surface area contributed by atoms with E-state index in [0.29, 0.717) is 28.8 Å². The first-order valence-electron chi connectivity index (χ1n) is 10.4. The Morgan fingerprint density at radius 3 is 2.57 bits per heavy atom. The molecule has 1 amide bonds. The molecule has 0 unspecified atom stereocenters. The zero-order chi connectivity index (χ0) is 20.7. The van der Waals surface area contributed by atoms with Crippen molar-refractivity contribution in [3.05, 3.63) is 69.5 Å². The Balaban J connectivity index is 1.51. The molecule has 0 N–H and O–H groups in total. The summed E-state index contributed by atoms with van der Waals surface area (Å²) in [6, 6.07) is 10.2. The Morgan fingerprint density at radius 2 is 1.80 bits per heavy atom. The molecule has 3 aromatic rings. The molecule has 7 heteroatoms. The van der Waals surface area contributed by atoms with Gasteiger partial charge < -0.3 is 18.5 Å². The van der Waals surface area contributed by atoms with Crippen molar-refractivity contribution in [2.45, 2.75) is 19.4 Å². The van der Waals surface area contributed by atoms with Gasteiger partial charge in [-0.2, -0.15) is 0 Å². The first kappa shape index (κ1) is 19.1. The number of carbonyl (C=O) groups excluding carboxylic acids is 1. The molecule has 5 rings (SSSR count). The van der Waals surface area contributed by atoms with Gasteiger partial charge in [-0.15, -0.1) is 0 Å². The minimum Gasteiger partial charge on any atom is -0.464 e. The van der Waals surface area contributed by atoms with E-state index in [4.69, 9.17) is 13.6 Å². The highest BCUT2D eigenvalue weighted by atomic mass is 16.5. The predicted molar refractivity (Wildman–Crippen MR) is 111 cm³/mol. The lowest BCUT2D eigenvalue weighted by molar-refractivity contribution is 0.0352. The monoisotopic (exact) mass is 408 g/mol. The summed E-state index contributed by atoms with van der Waals surface area (Å²) in [6.07, 6.45) is 0.795. The fraction of sp³-hybridized carbons (Fsp3) is 0.391. The Labute approximate surface area is 173 Å². The molecule has 1 saturated heterocycles. The van der Waals surface area contributed by atoms with Crippen molar-refractivity contribution in [3.63, 3.8) is 0 Å². The molecule has 0 aliphatic carbocycles. The van der Waals surface area contributed by atoms with Gasteiger partial charge in [0.15, 0.2) is 5.43 Å². The number of nitrogens with zero attached hydrogens (tertiary/aromatic N) is 2. The molecule has 4 heterocycles. The highest BCUT2D eigenvalue weighted by Crippen LogP contribution is 2.38. The van der Waals surface area contributed by atoms with E-state index < -0.39 is 6.04 Å². The predicted octanol–water partition coefficient (Wildman–Crippen LogP) is 2.96. The maximum atomic E-state index is 13.3. The second-order valence-electron chi connectivity index (χ2n) is 7.83. The summed E-state index contributed by atoms with van der Waals surface area (Å²) in [5.74, 6) is 1.20. The third kappa shape index (κ3) is 3.24. The van der Waals surface area contributed by atoms with E-state index in [9.17, 15) is 9.59 Å². The summed E-state index contributed by atoms with van der Waals surface area (Å²) in [6.45, 7) is 6.53. The molecule has 7 nitrogen and oxygen atoms in total. The molecule has 2 aromatic heterocycles. The van der Waals surface area contributed by atoms with Gasteiger partial charge in [0.05, 0.1) is 24.2 Å². The number of morpholine rings is 1. The van der Waals surface area contributed by atoms with Crippen molar-refractivity contribution in [1.82, 2.24) is 9.80 Å². The quantitative estimate of drug-likeness (QED) is 0.646. The van der Waals surface area contributed by atoms with Crippen LogP contribution in [0.5, 0.6) is 0 Å². The zero-order valence-electron chi connectivity index (χ0n) is 16.9. The maximum absolute atomic E-state index is 13.3. The number of carbonyl (C=O) groups is 1. The first-order valence-corrected chi connectivity index (χ1v) is 10.4. The fourth-order valence-corrected chi connectivity index (χ4v) is 4.38. The lowest BCUT2D eigenvalue weighted by atomic mass is 10.0. The second-order valence-corrected chi connectivity index (χ2v) is 7.83. The van der Waals surface area contributed by atoms with E-state index in [2.05, 4.69) is 4.90 Å². The number of aryl methyl sites for hydroxylation is 1. The molecule has 1 atom stereocenters. The molecule has 1 aromatic carbocycles. The standard InChI is InChI=1S/C23H24N2O5/c1-15-7-8-18(29-15)20-19-21(26)16-5-2-3-6-17(16)30-22(19)23(27)25(20)10-4-9-24-11-13-28-14-12-24/h2-3,5-8,20H,4,9-14H2,1H3/t20-/m0/s1. The minimum atomic E-state index is -0.563. The Hall–Kier alpha value is -2.90. The van der Waals surface area contributed by atoms with Crippen LogP contribution in [0.25, 0.3) is 11.0 Å². The van der Waals surface area contributed by atoms with Crippen LogP contribution in [0.15, 0.2) is 50.0 Å². The molecule has 156 valence electrons. The van der Waals surface area contributed by atoms with Crippen LogP contribution in [0, 0.1) is 6.92 Å². The van der Waals surface area contributed by atoms with Crippen molar-refractivity contribution in [2.24, 2.45) is 0 Å². The molecule has 30 heavy (non-hydrogen) atoms. The van der Waals surface area contributed by atoms with E-state index in [1.54, 1.807) is 29.2 Å². The molecule has 1 fully saturated rings. The van der Waals surface area contributed by atoms with E-state index in [1.807, 2.05) is 19.1 Å². The summed E-state index contributed by atoms with van der Waals surface area (Å²) in [7, 11) is 0. The average Bonchev–Trinajstić information content (AvgIpc) is 3.31. The molecular weight excluding hydrogens is 384 g/mol. The van der Waals surface area contributed by atoms with Crippen LogP contribution in [0.4, 0.5) is 0 Å². The molecule has 0 bridgehead atoms. The van der Waals surface area contributed by atoms with Crippen molar-refractivity contribution < 1.29 is 18.4 Å². The van der Waals surface area contributed by atoms with Crippen LogP contribution in [0.1, 0.15) is 40.1 Å². The summed E-state index contributed by atoms with van der Waals surface area (Å²) in [5, 5.41) is 0.479. The molecule has 2 aliphatic rings. The van der Waals surface area contributed by atoms with Crippen LogP contribution in [0.2, 0.25) is 0 Å². The molecular formula is C23H24N2O5. The second kappa shape index (κ2) is 7.74. The third-order valence-corrected chi connectivity index (χ3v) is 5.88. The number of amides is 1. The van der Waals surface area contributed by atoms with E-state index >= 15 is 0 Å². The average molecular weight is 408 g/mol. The lowest BCUT2D eigenvalue weighted by Crippen LogP contribution is -2.38. The Morgan fingerprint density at radius 1 is 1.00 bits per heavy atom. The number of ether oxygens (including phenoxy) is 1. The van der Waals surface area contributed by atoms with Crippen molar-refractivity contribution in [2.75, 3.05) is 39.4 Å². The Kier molecular flexibility index (Phi) is 4.92. The van der Waals surface area contributed by atoms with Gasteiger partial charge in [0.2, 0.25) is 5.76 Å². The van der Waals surface area contributed by atoms with Crippen molar-refractivity contribution in [3.8, 4) is 0 Å². The molecule has 0 saturated carbocycles. The third-order valence-electron chi connectivity index (χ3n) is 5.88. The molecule has 0 radical (unpaired) electrons. The van der Waals surface area contributed by atoms with Gasteiger partial charge in [-0.25, -0.2) is 0 Å². The van der Waals surface area contributed by atoms with Gasteiger partial charge >= 0.3 is 0 Å². The topological polar surface area (TPSA) is 76.1 Å². The molecule has 0 spiro atoms. The lowest BCUT2D eigenvalue weighted by Gasteiger charge is -2.28. The first-order chi connectivity index (χ1) is 14.6. The van der Waals surface area contributed by atoms with Gasteiger partial charge in [-0.05, 0) is 37.6 Å². The van der Waals surface area contributed by atoms with Gasteiger partial charge in [-0.3, -0.25) is 14.5 Å². The highest BCUT2D eigenvalue weighted by molar-refractivity contribution is 5.98. The number of hydrogen-bond donors (Lipinski definition) is 0. The van der Waals surface area contributed by atoms with Crippen LogP contribution < -0.4 is 5.43 Å². The summed E-state index contributed by atoms with van der Waals surface area (Å²) in [4.78, 5) is 30.7. The summed E-state index contributed by atoms with van der Waals surface area (Å²) < 4.78 is 17.2. The van der Waals surface area contributed by atoms with E-state index in [0.717, 1.165) is 45.0 Å². The van der Waals surface area contributed by atoms with Crippen molar-refractivity contribution in [1.29, 1.82) is 0 Å². The van der Waals surface area contributed by atoms with Gasteiger partial charge in [-0.1, -0.05) is 12.1 Å². The largest absolute Gasteiger partial charge is 0.464 e. The van der Waals surface area contributed by atoms with Gasteiger partial charge in [0.1, 0.15) is 23.1 Å². The fourth-order valence-electron chi connectivity index (χ4n) is 4.38. The minimum absolute atomic E-state index is 0.129. The van der Waals surface area contributed by atoms with Crippen LogP contribution in [0.3, 0.4) is 0 Å². The SMILES string of the molecule is Cc1ccc([C@H]2c3c(oc4ccccc4c3=O)C(=O)N2CCCN2CCOCC2)o1. The van der Waals surface area contributed by atoms with E-state index in [-0.39, 0.29) is 17.1 Å². The zero-order valence-corrected chi connectivity index (χ0v) is 16.9. The number of fused-ring (bicyclic) bond motifs is 2. The summed E-state index contributed by atoms with van der Waals surface area (Å²) >= 11 is 0. The molecule has 2 aliphatic heterocycles. The van der Waals surface area contributed by atoms with Gasteiger partial charge in [0, 0.05) is 26.2 Å². The number of para-hydroxylation sites is 1. The number of rotatable bonds is 5. The summed E-state index contributed by atoms with van der Waals surface area (Å²) in [5.41, 5.74) is 0.633. The van der Waals surface area contributed by atoms with Gasteiger partial charge in [0.25, 0.3) is 5.91 Å². The van der Waals surface area contributed by atoms with Crippen molar-refractivity contribution >= 4 is 16.9 Å². The van der Waals surface area contributed by atoms with Crippen LogP contribution in [-0.4, -0.2) is 55.1 Å². The number of hydrogen-bond acceptors (Lipinski definition) is 6. The number of benzene rings is 1. The maximum Gasteiger partial charge on any atom is 0.291 e. The smallest absolute Gasteiger partial charge is 0.291 e. The normalized spacial score (nSPS) is 19.6. The van der Waals surface area contributed by atoms with Crippen LogP contribution in [-0.2, 0) is 4.74 Å². The number of furan rings is 1. The Bertz CT molecular complexity index is 1140. The highest BCUT2D eigenvalue weighted by Gasteiger charge is 2.44.